The quantitative estimate of drug-likeness (QED) is 0.859. The number of carbonyl (C=O) groups is 1. The highest BCUT2D eigenvalue weighted by molar-refractivity contribution is 5.81. The van der Waals surface area contributed by atoms with Crippen LogP contribution in [0.2, 0.25) is 0 Å². The maximum atomic E-state index is 12.3. The molecule has 132 valence electrons. The Bertz CT molecular complexity index is 723. The Hall–Kier alpha value is -2.57. The summed E-state index contributed by atoms with van der Waals surface area (Å²) >= 11 is 0. The Balaban J connectivity index is 1.69. The molecular weight excluding hydrogens is 316 g/mol. The van der Waals surface area contributed by atoms with E-state index in [0.717, 1.165) is 55.9 Å². The summed E-state index contributed by atoms with van der Waals surface area (Å²) in [5.41, 5.74) is 7.18. The molecule has 1 aliphatic rings. The van der Waals surface area contributed by atoms with Gasteiger partial charge in [-0.2, -0.15) is 0 Å². The van der Waals surface area contributed by atoms with Crippen molar-refractivity contribution in [2.45, 2.75) is 39.0 Å². The number of primary amides is 1. The summed E-state index contributed by atoms with van der Waals surface area (Å²) in [6.07, 6.45) is 10.9. The molecule has 1 amide bonds. The summed E-state index contributed by atoms with van der Waals surface area (Å²) in [5, 5.41) is 0. The summed E-state index contributed by atoms with van der Waals surface area (Å²) in [6, 6.07) is 1.95. The summed E-state index contributed by atoms with van der Waals surface area (Å²) in [5.74, 6) is 0.647. The molecule has 0 bridgehead atoms. The molecule has 0 aromatic carbocycles. The van der Waals surface area contributed by atoms with E-state index in [4.69, 9.17) is 5.73 Å². The monoisotopic (exact) mass is 340 g/mol. The van der Waals surface area contributed by atoms with Crippen LogP contribution in [-0.4, -0.2) is 38.9 Å². The first-order valence-electron chi connectivity index (χ1n) is 8.67. The van der Waals surface area contributed by atoms with Crippen LogP contribution in [0.25, 0.3) is 0 Å². The van der Waals surface area contributed by atoms with Crippen molar-refractivity contribution >= 4 is 11.7 Å². The minimum atomic E-state index is -0.515. The van der Waals surface area contributed by atoms with Crippen LogP contribution in [0.4, 0.5) is 5.82 Å². The van der Waals surface area contributed by atoms with Gasteiger partial charge < -0.3 is 10.6 Å². The Kier molecular flexibility index (Phi) is 5.21. The van der Waals surface area contributed by atoms with Gasteiger partial charge in [-0.15, -0.1) is 0 Å². The number of nitrogens with two attached hydrogens (primary N) is 1. The van der Waals surface area contributed by atoms with E-state index in [1.165, 1.54) is 0 Å². The van der Waals surface area contributed by atoms with E-state index in [1.807, 2.05) is 13.0 Å². The van der Waals surface area contributed by atoms with Gasteiger partial charge in [0, 0.05) is 43.4 Å². The lowest BCUT2D eigenvalue weighted by Gasteiger charge is -2.41. The second-order valence-corrected chi connectivity index (χ2v) is 6.74. The maximum Gasteiger partial charge on any atom is 0.225 e. The molecule has 1 saturated heterocycles. The highest BCUT2D eigenvalue weighted by atomic mass is 16.1. The summed E-state index contributed by atoms with van der Waals surface area (Å²) in [7, 11) is 0. The molecule has 3 heterocycles. The SMILES string of the molecule is Cc1cc(N2CCC[C@](CCCc3cnccn3)(C(N)=O)C2)ncn1. The van der Waals surface area contributed by atoms with Crippen LogP contribution < -0.4 is 10.6 Å². The van der Waals surface area contributed by atoms with Crippen molar-refractivity contribution in [1.82, 2.24) is 19.9 Å². The van der Waals surface area contributed by atoms with E-state index in [9.17, 15) is 4.79 Å². The van der Waals surface area contributed by atoms with Crippen LogP contribution in [0.5, 0.6) is 0 Å². The number of aryl methyl sites for hydroxylation is 2. The van der Waals surface area contributed by atoms with Crippen LogP contribution >= 0.6 is 0 Å². The number of hydrogen-bond acceptors (Lipinski definition) is 6. The number of carbonyl (C=O) groups excluding carboxylic acids is 1. The van der Waals surface area contributed by atoms with Crippen LogP contribution in [0.3, 0.4) is 0 Å². The average molecular weight is 340 g/mol. The summed E-state index contributed by atoms with van der Waals surface area (Å²) in [4.78, 5) is 31.3. The Labute approximate surface area is 147 Å². The molecule has 1 fully saturated rings. The zero-order chi connectivity index (χ0) is 17.7. The van der Waals surface area contributed by atoms with Gasteiger partial charge in [0.15, 0.2) is 0 Å². The van der Waals surface area contributed by atoms with Crippen LogP contribution in [0.1, 0.15) is 37.1 Å². The Morgan fingerprint density at radius 2 is 2.20 bits per heavy atom. The number of rotatable bonds is 6. The van der Waals surface area contributed by atoms with Crippen LogP contribution in [0.15, 0.2) is 31.0 Å². The van der Waals surface area contributed by atoms with E-state index in [-0.39, 0.29) is 5.91 Å². The molecule has 0 unspecified atom stereocenters. The molecule has 7 nitrogen and oxygen atoms in total. The van der Waals surface area contributed by atoms with Crippen molar-refractivity contribution in [3.8, 4) is 0 Å². The van der Waals surface area contributed by atoms with E-state index >= 15 is 0 Å². The molecule has 0 aliphatic carbocycles. The molecule has 2 N–H and O–H groups in total. The topological polar surface area (TPSA) is 97.9 Å². The Morgan fingerprint density at radius 3 is 2.92 bits per heavy atom. The van der Waals surface area contributed by atoms with E-state index < -0.39 is 5.41 Å². The highest BCUT2D eigenvalue weighted by Gasteiger charge is 2.40. The third-order valence-corrected chi connectivity index (χ3v) is 4.92. The predicted octanol–water partition coefficient (Wildman–Crippen LogP) is 1.67. The number of nitrogens with zero attached hydrogens (tertiary/aromatic N) is 5. The lowest BCUT2D eigenvalue weighted by atomic mass is 9.75. The predicted molar refractivity (Wildman–Crippen MR) is 94.8 cm³/mol. The van der Waals surface area contributed by atoms with Crippen molar-refractivity contribution in [1.29, 1.82) is 0 Å². The number of piperidine rings is 1. The Morgan fingerprint density at radius 1 is 1.32 bits per heavy atom. The maximum absolute atomic E-state index is 12.3. The lowest BCUT2D eigenvalue weighted by Crippen LogP contribution is -2.51. The van der Waals surface area contributed by atoms with Gasteiger partial charge in [0.25, 0.3) is 0 Å². The smallest absolute Gasteiger partial charge is 0.225 e. The van der Waals surface area contributed by atoms with E-state index in [2.05, 4.69) is 24.8 Å². The van der Waals surface area contributed by atoms with Gasteiger partial charge in [0.2, 0.25) is 5.91 Å². The van der Waals surface area contributed by atoms with Gasteiger partial charge >= 0.3 is 0 Å². The molecule has 1 atom stereocenters. The highest BCUT2D eigenvalue weighted by Crippen LogP contribution is 2.36. The average Bonchev–Trinajstić information content (AvgIpc) is 2.63. The fraction of sp³-hybridized carbons (Fsp3) is 0.500. The standard InChI is InChI=1S/C18H24N6O/c1-14-10-16(23-13-22-14)24-9-3-6-18(12-24,17(19)25)5-2-4-15-11-20-7-8-21-15/h7-8,10-11,13H,2-6,9,12H2,1H3,(H2,19,25)/t18-/m0/s1. The molecule has 0 spiro atoms. The van der Waals surface area contributed by atoms with Crippen molar-refractivity contribution in [3.63, 3.8) is 0 Å². The first-order valence-corrected chi connectivity index (χ1v) is 8.67. The number of anilines is 1. The first kappa shape index (κ1) is 17.3. The molecule has 0 saturated carbocycles. The van der Waals surface area contributed by atoms with Crippen LogP contribution in [-0.2, 0) is 11.2 Å². The largest absolute Gasteiger partial charge is 0.369 e. The van der Waals surface area contributed by atoms with E-state index in [1.54, 1.807) is 24.9 Å². The summed E-state index contributed by atoms with van der Waals surface area (Å²) in [6.45, 7) is 3.44. The molecule has 0 radical (unpaired) electrons. The van der Waals surface area contributed by atoms with E-state index in [0.29, 0.717) is 6.54 Å². The van der Waals surface area contributed by atoms with Gasteiger partial charge in [-0.1, -0.05) is 0 Å². The molecule has 2 aromatic rings. The molecule has 2 aromatic heterocycles. The van der Waals surface area contributed by atoms with Gasteiger partial charge in [0.1, 0.15) is 12.1 Å². The summed E-state index contributed by atoms with van der Waals surface area (Å²) < 4.78 is 0. The molecule has 25 heavy (non-hydrogen) atoms. The van der Waals surface area contributed by atoms with Gasteiger partial charge in [-0.25, -0.2) is 9.97 Å². The first-order chi connectivity index (χ1) is 12.1. The second kappa shape index (κ2) is 7.55. The second-order valence-electron chi connectivity index (χ2n) is 6.74. The van der Waals surface area contributed by atoms with Crippen molar-refractivity contribution in [2.75, 3.05) is 18.0 Å². The minimum absolute atomic E-state index is 0.220. The van der Waals surface area contributed by atoms with Crippen LogP contribution in [0, 0.1) is 12.3 Å². The number of aromatic nitrogens is 4. The number of amides is 1. The zero-order valence-electron chi connectivity index (χ0n) is 14.6. The molecular formula is C18H24N6O. The normalized spacial score (nSPS) is 20.4. The molecule has 1 aliphatic heterocycles. The molecule has 3 rings (SSSR count). The minimum Gasteiger partial charge on any atom is -0.369 e. The number of hydrogen-bond donors (Lipinski definition) is 1. The van der Waals surface area contributed by atoms with Gasteiger partial charge in [0.05, 0.1) is 11.1 Å². The fourth-order valence-electron chi connectivity index (χ4n) is 3.54. The van der Waals surface area contributed by atoms with Crippen molar-refractivity contribution < 1.29 is 4.79 Å². The van der Waals surface area contributed by atoms with Crippen molar-refractivity contribution in [3.05, 3.63) is 42.4 Å². The van der Waals surface area contributed by atoms with Gasteiger partial charge in [-0.05, 0) is 39.0 Å². The fourth-order valence-corrected chi connectivity index (χ4v) is 3.54. The zero-order valence-corrected chi connectivity index (χ0v) is 14.6. The third kappa shape index (κ3) is 4.10. The molecule has 7 heteroatoms. The van der Waals surface area contributed by atoms with Crippen molar-refractivity contribution in [2.24, 2.45) is 11.1 Å². The lowest BCUT2D eigenvalue weighted by molar-refractivity contribution is -0.128. The van der Waals surface area contributed by atoms with Gasteiger partial charge in [-0.3, -0.25) is 14.8 Å². The third-order valence-electron chi connectivity index (χ3n) is 4.92.